The minimum absolute atomic E-state index is 0.0791. The number of amides is 1. The standard InChI is InChI=1S/C28H46NOP/c30-27(28-17-21-14-22(18-28)16-23(15-21)19-28)29-13-7-8-24(29)20-31(25-9-3-1-4-10-25)26-11-5-2-6-12-26/h21-26H,1-20H2/t21?,22?,23?,24-,28?/m0/s1. The molecule has 0 aromatic carbocycles. The molecule has 6 aliphatic carbocycles. The van der Waals surface area contributed by atoms with E-state index in [1.165, 1.54) is 122 Å². The summed E-state index contributed by atoms with van der Waals surface area (Å²) in [6.45, 7) is 1.09. The van der Waals surface area contributed by atoms with Crippen molar-refractivity contribution in [1.82, 2.24) is 4.90 Å². The molecular weight excluding hydrogens is 397 g/mol. The zero-order chi connectivity index (χ0) is 20.8. The Bertz CT molecular complexity index is 596. The third-order valence-electron chi connectivity index (χ3n) is 10.6. The highest BCUT2D eigenvalue weighted by molar-refractivity contribution is 7.59. The van der Waals surface area contributed by atoms with Gasteiger partial charge in [0.05, 0.1) is 5.41 Å². The fourth-order valence-electron chi connectivity index (χ4n) is 9.64. The first kappa shape index (κ1) is 21.4. The van der Waals surface area contributed by atoms with Crippen LogP contribution in [0.3, 0.4) is 0 Å². The lowest BCUT2D eigenvalue weighted by Crippen LogP contribution is -2.55. The van der Waals surface area contributed by atoms with Crippen molar-refractivity contribution in [2.24, 2.45) is 23.2 Å². The Hall–Kier alpha value is -0.100. The first-order chi connectivity index (χ1) is 15.2. The fraction of sp³-hybridized carbons (Fsp3) is 0.964. The molecule has 31 heavy (non-hydrogen) atoms. The quantitative estimate of drug-likeness (QED) is 0.407. The van der Waals surface area contributed by atoms with Crippen LogP contribution in [0.2, 0.25) is 0 Å². The van der Waals surface area contributed by atoms with E-state index in [4.69, 9.17) is 0 Å². The molecule has 1 heterocycles. The predicted octanol–water partition coefficient (Wildman–Crippen LogP) is 7.34. The average molecular weight is 444 g/mol. The number of hydrogen-bond donors (Lipinski definition) is 0. The minimum atomic E-state index is 0.0791. The summed E-state index contributed by atoms with van der Waals surface area (Å²) in [4.78, 5) is 16.7. The lowest BCUT2D eigenvalue weighted by atomic mass is 9.49. The summed E-state index contributed by atoms with van der Waals surface area (Å²) >= 11 is 0. The van der Waals surface area contributed by atoms with E-state index in [1.54, 1.807) is 0 Å². The van der Waals surface area contributed by atoms with Crippen LogP contribution in [-0.4, -0.2) is 40.9 Å². The molecule has 1 atom stereocenters. The fourth-order valence-corrected chi connectivity index (χ4v) is 13.8. The molecule has 4 bridgehead atoms. The number of likely N-dealkylation sites (tertiary alicyclic amines) is 1. The van der Waals surface area contributed by atoms with Gasteiger partial charge in [0.25, 0.3) is 0 Å². The van der Waals surface area contributed by atoms with Crippen LogP contribution < -0.4 is 0 Å². The molecule has 0 spiro atoms. The summed E-state index contributed by atoms with van der Waals surface area (Å²) in [6, 6.07) is 0.607. The maximum Gasteiger partial charge on any atom is 0.229 e. The van der Waals surface area contributed by atoms with E-state index in [2.05, 4.69) is 4.90 Å². The largest absolute Gasteiger partial charge is 0.339 e. The number of hydrogen-bond acceptors (Lipinski definition) is 1. The van der Waals surface area contributed by atoms with Crippen LogP contribution in [0.25, 0.3) is 0 Å². The Morgan fingerprint density at radius 1 is 0.710 bits per heavy atom. The SMILES string of the molecule is O=C(N1CCC[C@H]1CP(C1CCCCC1)C1CCCCC1)C12CC3CC(CC(C3)C1)C2. The second-order valence-corrected chi connectivity index (χ2v) is 15.6. The maximum atomic E-state index is 14.2. The Morgan fingerprint density at radius 3 is 1.74 bits per heavy atom. The van der Waals surface area contributed by atoms with Gasteiger partial charge in [-0.2, -0.15) is 0 Å². The van der Waals surface area contributed by atoms with Gasteiger partial charge in [0.1, 0.15) is 0 Å². The van der Waals surface area contributed by atoms with E-state index in [9.17, 15) is 4.79 Å². The number of nitrogens with zero attached hydrogens (tertiary/aromatic N) is 1. The van der Waals surface area contributed by atoms with Crippen molar-refractivity contribution in [3.63, 3.8) is 0 Å². The molecule has 0 unspecified atom stereocenters. The Morgan fingerprint density at radius 2 is 1.23 bits per heavy atom. The van der Waals surface area contributed by atoms with Crippen molar-refractivity contribution in [3.05, 3.63) is 0 Å². The highest BCUT2D eigenvalue weighted by Crippen LogP contribution is 2.61. The number of carbonyl (C=O) groups is 1. The molecule has 0 aromatic heterocycles. The Balaban J connectivity index is 1.19. The molecule has 0 aromatic rings. The summed E-state index contributed by atoms with van der Waals surface area (Å²) < 4.78 is 0. The zero-order valence-electron chi connectivity index (χ0n) is 19.9. The van der Waals surface area contributed by atoms with Crippen LogP contribution in [0.5, 0.6) is 0 Å². The molecule has 6 saturated carbocycles. The van der Waals surface area contributed by atoms with E-state index in [0.29, 0.717) is 11.9 Å². The van der Waals surface area contributed by atoms with Gasteiger partial charge in [-0.05, 0) is 112 Å². The summed E-state index contributed by atoms with van der Waals surface area (Å²) in [6.07, 6.45) is 27.0. The first-order valence-electron chi connectivity index (χ1n) is 14.3. The van der Waals surface area contributed by atoms with Gasteiger partial charge in [0, 0.05) is 12.6 Å². The molecule has 1 amide bonds. The highest BCUT2D eigenvalue weighted by atomic mass is 31.1. The third kappa shape index (κ3) is 4.15. The van der Waals surface area contributed by atoms with Gasteiger partial charge < -0.3 is 4.90 Å². The minimum Gasteiger partial charge on any atom is -0.339 e. The third-order valence-corrected chi connectivity index (χ3v) is 14.4. The van der Waals surface area contributed by atoms with Crippen molar-refractivity contribution >= 4 is 13.8 Å². The van der Waals surface area contributed by atoms with Crippen LogP contribution in [0, 0.1) is 23.2 Å². The predicted molar refractivity (Wildman–Crippen MR) is 131 cm³/mol. The molecule has 7 fully saturated rings. The molecule has 1 aliphatic heterocycles. The molecule has 0 N–H and O–H groups in total. The van der Waals surface area contributed by atoms with E-state index in [1.807, 2.05) is 0 Å². The van der Waals surface area contributed by atoms with Crippen LogP contribution >= 0.6 is 7.92 Å². The van der Waals surface area contributed by atoms with E-state index in [0.717, 1.165) is 35.6 Å². The molecule has 3 heteroatoms. The van der Waals surface area contributed by atoms with Gasteiger partial charge in [0.15, 0.2) is 0 Å². The highest BCUT2D eigenvalue weighted by Gasteiger charge is 2.56. The van der Waals surface area contributed by atoms with Gasteiger partial charge in [-0.1, -0.05) is 46.4 Å². The van der Waals surface area contributed by atoms with Crippen LogP contribution in [0.1, 0.15) is 116 Å². The van der Waals surface area contributed by atoms with Crippen LogP contribution in [0.4, 0.5) is 0 Å². The Kier molecular flexibility index (Phi) is 6.17. The average Bonchev–Trinajstić information content (AvgIpc) is 3.25. The van der Waals surface area contributed by atoms with Gasteiger partial charge >= 0.3 is 0 Å². The Labute approximate surface area is 192 Å². The molecule has 7 rings (SSSR count). The molecule has 0 radical (unpaired) electrons. The lowest BCUT2D eigenvalue weighted by molar-refractivity contribution is -0.158. The second kappa shape index (κ2) is 8.92. The summed E-state index contributed by atoms with van der Waals surface area (Å²) in [5, 5.41) is 0. The summed E-state index contributed by atoms with van der Waals surface area (Å²) in [5.41, 5.74) is 2.14. The summed E-state index contributed by atoms with van der Waals surface area (Å²) in [7, 11) is 0.114. The van der Waals surface area contributed by atoms with Crippen molar-refractivity contribution < 1.29 is 4.79 Å². The zero-order valence-corrected chi connectivity index (χ0v) is 20.8. The van der Waals surface area contributed by atoms with Gasteiger partial charge in [-0.15, -0.1) is 0 Å². The maximum absolute atomic E-state index is 14.2. The van der Waals surface area contributed by atoms with Gasteiger partial charge in [0.2, 0.25) is 5.91 Å². The van der Waals surface area contributed by atoms with Gasteiger partial charge in [-0.3, -0.25) is 4.79 Å². The number of rotatable bonds is 5. The molecular formula is C28H46NOP. The second-order valence-electron chi connectivity index (χ2n) is 12.8. The van der Waals surface area contributed by atoms with Crippen LogP contribution in [-0.2, 0) is 4.79 Å². The first-order valence-corrected chi connectivity index (χ1v) is 15.9. The van der Waals surface area contributed by atoms with E-state index < -0.39 is 0 Å². The van der Waals surface area contributed by atoms with E-state index in [-0.39, 0.29) is 13.3 Å². The van der Waals surface area contributed by atoms with Crippen molar-refractivity contribution in [3.8, 4) is 0 Å². The van der Waals surface area contributed by atoms with Crippen molar-refractivity contribution in [2.45, 2.75) is 133 Å². The van der Waals surface area contributed by atoms with E-state index >= 15 is 0 Å². The monoisotopic (exact) mass is 443 g/mol. The molecule has 2 nitrogen and oxygen atoms in total. The van der Waals surface area contributed by atoms with Gasteiger partial charge in [-0.25, -0.2) is 0 Å². The molecule has 7 aliphatic rings. The lowest BCUT2D eigenvalue weighted by Gasteiger charge is -2.57. The number of carbonyl (C=O) groups excluding carboxylic acids is 1. The van der Waals surface area contributed by atoms with Crippen molar-refractivity contribution in [2.75, 3.05) is 12.7 Å². The molecule has 1 saturated heterocycles. The topological polar surface area (TPSA) is 20.3 Å². The van der Waals surface area contributed by atoms with Crippen molar-refractivity contribution in [1.29, 1.82) is 0 Å². The molecule has 174 valence electrons. The smallest absolute Gasteiger partial charge is 0.229 e. The normalized spacial score (nSPS) is 41.4. The van der Waals surface area contributed by atoms with Crippen LogP contribution in [0.15, 0.2) is 0 Å². The summed E-state index contributed by atoms with van der Waals surface area (Å²) in [5.74, 6) is 3.31.